The van der Waals surface area contributed by atoms with Crippen LogP contribution in [-0.2, 0) is 14.3 Å². The predicted molar refractivity (Wildman–Crippen MR) is 84.8 cm³/mol. The van der Waals surface area contributed by atoms with Crippen molar-refractivity contribution in [2.45, 2.75) is 91.9 Å². The van der Waals surface area contributed by atoms with Crippen LogP contribution in [0.15, 0.2) is 0 Å². The Labute approximate surface area is 125 Å². The van der Waals surface area contributed by atoms with Crippen molar-refractivity contribution in [3.8, 4) is 0 Å². The van der Waals surface area contributed by atoms with E-state index < -0.39 is 0 Å². The summed E-state index contributed by atoms with van der Waals surface area (Å²) in [7, 11) is 0. The van der Waals surface area contributed by atoms with Crippen LogP contribution in [-0.4, -0.2) is 18.4 Å². The highest BCUT2D eigenvalue weighted by Gasteiger charge is 1.98. The lowest BCUT2D eigenvalue weighted by molar-refractivity contribution is -0.143. The molecule has 0 aliphatic rings. The van der Waals surface area contributed by atoms with Gasteiger partial charge >= 0.3 is 5.97 Å². The summed E-state index contributed by atoms with van der Waals surface area (Å²) in [6, 6.07) is 0. The molecule has 0 saturated heterocycles. The first-order chi connectivity index (χ1) is 9.58. The molecule has 0 N–H and O–H groups in total. The number of ether oxygens (including phenoxy) is 1. The van der Waals surface area contributed by atoms with Crippen LogP contribution in [0.4, 0.5) is 0 Å². The molecule has 3 nitrogen and oxygen atoms in total. The fraction of sp³-hybridized carbons (Fsp3) is 0.882. The average Bonchev–Trinajstić information content (AvgIpc) is 2.39. The largest absolute Gasteiger partial charge is 0.466 e. The zero-order valence-corrected chi connectivity index (χ0v) is 14.0. The van der Waals surface area contributed by atoms with Crippen molar-refractivity contribution in [3.05, 3.63) is 0 Å². The number of ketones is 1. The van der Waals surface area contributed by atoms with E-state index in [-0.39, 0.29) is 5.97 Å². The Bertz CT molecular complexity index is 224. The number of hydrogen-bond donors (Lipinski definition) is 0. The molecule has 0 saturated carbocycles. The van der Waals surface area contributed by atoms with Gasteiger partial charge in [-0.05, 0) is 26.7 Å². The van der Waals surface area contributed by atoms with Gasteiger partial charge in [0.05, 0.1) is 6.61 Å². The van der Waals surface area contributed by atoms with E-state index in [9.17, 15) is 9.59 Å². The summed E-state index contributed by atoms with van der Waals surface area (Å²) >= 11 is 0. The molecule has 3 heteroatoms. The van der Waals surface area contributed by atoms with Gasteiger partial charge in [-0.2, -0.15) is 0 Å². The topological polar surface area (TPSA) is 43.4 Å². The van der Waals surface area contributed by atoms with Crippen LogP contribution in [0.2, 0.25) is 0 Å². The summed E-state index contributed by atoms with van der Waals surface area (Å²) < 4.78 is 4.75. The van der Waals surface area contributed by atoms with E-state index in [0.717, 1.165) is 32.1 Å². The SMILES string of the molecule is CCCCCC(=O)OCC.CCCCCCCC(C)=O. The Kier molecular flexibility index (Phi) is 19.4. The molecule has 0 unspecified atom stereocenters. The van der Waals surface area contributed by atoms with Crippen LogP contribution in [0.1, 0.15) is 91.9 Å². The van der Waals surface area contributed by atoms with Crippen LogP contribution >= 0.6 is 0 Å². The zero-order valence-electron chi connectivity index (χ0n) is 14.0. The maximum Gasteiger partial charge on any atom is 0.305 e. The lowest BCUT2D eigenvalue weighted by Crippen LogP contribution is -2.02. The minimum absolute atomic E-state index is 0.0593. The molecular weight excluding hydrogens is 252 g/mol. The van der Waals surface area contributed by atoms with E-state index in [1.54, 1.807) is 6.92 Å². The fourth-order valence-electron chi connectivity index (χ4n) is 1.73. The molecule has 120 valence electrons. The second kappa shape index (κ2) is 18.1. The molecule has 0 aliphatic carbocycles. The Balaban J connectivity index is 0. The molecule has 0 atom stereocenters. The quantitative estimate of drug-likeness (QED) is 0.393. The molecule has 0 aromatic carbocycles. The fourth-order valence-corrected chi connectivity index (χ4v) is 1.73. The van der Waals surface area contributed by atoms with Gasteiger partial charge in [-0.25, -0.2) is 0 Å². The number of Topliss-reactive ketones (excluding diaryl/α,β-unsaturated/α-hetero) is 1. The second-order valence-corrected chi connectivity index (χ2v) is 5.13. The van der Waals surface area contributed by atoms with Gasteiger partial charge in [0.15, 0.2) is 0 Å². The van der Waals surface area contributed by atoms with Crippen LogP contribution < -0.4 is 0 Å². The zero-order chi connectivity index (χ0) is 15.6. The Morgan fingerprint density at radius 1 is 0.750 bits per heavy atom. The van der Waals surface area contributed by atoms with Crippen molar-refractivity contribution in [1.82, 2.24) is 0 Å². The third kappa shape index (κ3) is 22.3. The maximum absolute atomic E-state index is 10.7. The third-order valence-electron chi connectivity index (χ3n) is 2.92. The number of rotatable bonds is 11. The van der Waals surface area contributed by atoms with Gasteiger partial charge in [0, 0.05) is 12.8 Å². The van der Waals surface area contributed by atoms with Gasteiger partial charge in [0.1, 0.15) is 5.78 Å². The van der Waals surface area contributed by atoms with Crippen molar-refractivity contribution in [2.24, 2.45) is 0 Å². The van der Waals surface area contributed by atoms with E-state index in [0.29, 0.717) is 18.8 Å². The minimum Gasteiger partial charge on any atom is -0.466 e. The van der Waals surface area contributed by atoms with Gasteiger partial charge < -0.3 is 9.53 Å². The van der Waals surface area contributed by atoms with Crippen molar-refractivity contribution >= 4 is 11.8 Å². The van der Waals surface area contributed by atoms with E-state index in [1.165, 1.54) is 25.7 Å². The number of esters is 1. The first-order valence-corrected chi connectivity index (χ1v) is 8.23. The van der Waals surface area contributed by atoms with E-state index >= 15 is 0 Å². The average molecular weight is 286 g/mol. The number of unbranched alkanes of at least 4 members (excludes halogenated alkanes) is 6. The maximum atomic E-state index is 10.7. The standard InChI is InChI=1S/C9H18O.C8H16O2/c1-3-4-5-6-7-8-9(2)10;1-3-5-6-7-8(9)10-4-2/h3-8H2,1-2H3;3-7H2,1-2H3. The Morgan fingerprint density at radius 3 is 1.75 bits per heavy atom. The van der Waals surface area contributed by atoms with Crippen molar-refractivity contribution < 1.29 is 14.3 Å². The molecule has 0 aromatic heterocycles. The molecule has 0 bridgehead atoms. The first-order valence-electron chi connectivity index (χ1n) is 8.23. The van der Waals surface area contributed by atoms with Gasteiger partial charge in [-0.15, -0.1) is 0 Å². The van der Waals surface area contributed by atoms with Crippen LogP contribution in [0.25, 0.3) is 0 Å². The molecule has 0 fully saturated rings. The summed E-state index contributed by atoms with van der Waals surface area (Å²) in [6.45, 7) is 8.32. The lowest BCUT2D eigenvalue weighted by Gasteiger charge is -1.99. The first kappa shape index (κ1) is 21.4. The molecule has 0 aromatic rings. The molecule has 20 heavy (non-hydrogen) atoms. The number of hydrogen-bond acceptors (Lipinski definition) is 3. The van der Waals surface area contributed by atoms with Crippen molar-refractivity contribution in [3.63, 3.8) is 0 Å². The summed E-state index contributed by atoms with van der Waals surface area (Å²) in [5.41, 5.74) is 0. The molecule has 0 rings (SSSR count). The molecule has 0 radical (unpaired) electrons. The molecular formula is C17H34O3. The van der Waals surface area contributed by atoms with E-state index in [2.05, 4.69) is 13.8 Å². The van der Waals surface area contributed by atoms with Crippen LogP contribution in [0.3, 0.4) is 0 Å². The molecule has 0 heterocycles. The summed E-state index contributed by atoms with van der Waals surface area (Å²) in [5, 5.41) is 0. The second-order valence-electron chi connectivity index (χ2n) is 5.13. The molecule has 0 amide bonds. The Morgan fingerprint density at radius 2 is 1.25 bits per heavy atom. The highest BCUT2D eigenvalue weighted by atomic mass is 16.5. The highest BCUT2D eigenvalue weighted by Crippen LogP contribution is 2.04. The van der Waals surface area contributed by atoms with Crippen molar-refractivity contribution in [2.75, 3.05) is 6.61 Å². The highest BCUT2D eigenvalue weighted by molar-refractivity contribution is 5.75. The summed E-state index contributed by atoms with van der Waals surface area (Å²) in [5.74, 6) is 0.271. The minimum atomic E-state index is -0.0593. The van der Waals surface area contributed by atoms with Gasteiger partial charge in [-0.3, -0.25) is 4.79 Å². The summed E-state index contributed by atoms with van der Waals surface area (Å²) in [6.07, 6.45) is 10.8. The normalized spacial score (nSPS) is 9.60. The third-order valence-corrected chi connectivity index (χ3v) is 2.92. The number of carbonyl (C=O) groups is 2. The monoisotopic (exact) mass is 286 g/mol. The molecule has 0 spiro atoms. The number of carbonyl (C=O) groups excluding carboxylic acids is 2. The lowest BCUT2D eigenvalue weighted by atomic mass is 10.1. The summed E-state index contributed by atoms with van der Waals surface area (Å²) in [4.78, 5) is 21.2. The Hall–Kier alpha value is -0.860. The van der Waals surface area contributed by atoms with Crippen molar-refractivity contribution in [1.29, 1.82) is 0 Å². The van der Waals surface area contributed by atoms with E-state index in [4.69, 9.17) is 4.74 Å². The van der Waals surface area contributed by atoms with Gasteiger partial charge in [-0.1, -0.05) is 52.4 Å². The van der Waals surface area contributed by atoms with Crippen LogP contribution in [0, 0.1) is 0 Å². The molecule has 0 aliphatic heterocycles. The predicted octanol–water partition coefficient (Wildman–Crippen LogP) is 5.07. The van der Waals surface area contributed by atoms with Gasteiger partial charge in [0.2, 0.25) is 0 Å². The smallest absolute Gasteiger partial charge is 0.305 e. The van der Waals surface area contributed by atoms with Gasteiger partial charge in [0.25, 0.3) is 0 Å². The van der Waals surface area contributed by atoms with E-state index in [1.807, 2.05) is 6.92 Å². The van der Waals surface area contributed by atoms with Crippen LogP contribution in [0.5, 0.6) is 0 Å².